The largest absolute Gasteiger partial charge is 0.383 e. The SMILES string of the molecule is CCOCCCN(CCN)CCOC. The van der Waals surface area contributed by atoms with Gasteiger partial charge in [-0.2, -0.15) is 0 Å². The fourth-order valence-electron chi connectivity index (χ4n) is 1.27. The van der Waals surface area contributed by atoms with Gasteiger partial charge in [-0.3, -0.25) is 4.90 Å². The van der Waals surface area contributed by atoms with Gasteiger partial charge in [-0.25, -0.2) is 0 Å². The second-order valence-corrected chi connectivity index (χ2v) is 3.17. The molecule has 4 nitrogen and oxygen atoms in total. The third kappa shape index (κ3) is 8.44. The zero-order valence-corrected chi connectivity index (χ0v) is 9.50. The summed E-state index contributed by atoms with van der Waals surface area (Å²) >= 11 is 0. The lowest BCUT2D eigenvalue weighted by Gasteiger charge is -2.20. The monoisotopic (exact) mass is 204 g/mol. The van der Waals surface area contributed by atoms with Crippen molar-refractivity contribution < 1.29 is 9.47 Å². The quantitative estimate of drug-likeness (QED) is 0.521. The first-order chi connectivity index (χ1) is 6.85. The lowest BCUT2D eigenvalue weighted by atomic mass is 10.3. The molecule has 0 aromatic rings. The molecule has 0 rings (SSSR count). The van der Waals surface area contributed by atoms with Crippen molar-refractivity contribution in [2.75, 3.05) is 53.1 Å². The van der Waals surface area contributed by atoms with Gasteiger partial charge in [-0.1, -0.05) is 0 Å². The Morgan fingerprint density at radius 3 is 2.50 bits per heavy atom. The molecule has 0 unspecified atom stereocenters. The molecule has 0 saturated carbocycles. The number of hydrogen-bond acceptors (Lipinski definition) is 4. The molecule has 0 aliphatic carbocycles. The summed E-state index contributed by atoms with van der Waals surface area (Å²) in [6, 6.07) is 0. The van der Waals surface area contributed by atoms with Gasteiger partial charge in [0.05, 0.1) is 6.61 Å². The van der Waals surface area contributed by atoms with Crippen LogP contribution in [0.3, 0.4) is 0 Å². The molecule has 0 atom stereocenters. The molecule has 0 aliphatic rings. The second-order valence-electron chi connectivity index (χ2n) is 3.17. The topological polar surface area (TPSA) is 47.7 Å². The van der Waals surface area contributed by atoms with E-state index in [1.165, 1.54) is 0 Å². The lowest BCUT2D eigenvalue weighted by molar-refractivity contribution is 0.117. The minimum Gasteiger partial charge on any atom is -0.383 e. The van der Waals surface area contributed by atoms with Crippen molar-refractivity contribution >= 4 is 0 Å². The van der Waals surface area contributed by atoms with Gasteiger partial charge in [0.1, 0.15) is 0 Å². The van der Waals surface area contributed by atoms with Gasteiger partial charge in [0.15, 0.2) is 0 Å². The van der Waals surface area contributed by atoms with E-state index in [1.807, 2.05) is 6.92 Å². The summed E-state index contributed by atoms with van der Waals surface area (Å²) in [5.41, 5.74) is 5.52. The number of nitrogens with two attached hydrogens (primary N) is 1. The van der Waals surface area contributed by atoms with Crippen LogP contribution >= 0.6 is 0 Å². The van der Waals surface area contributed by atoms with Gasteiger partial charge in [0.25, 0.3) is 0 Å². The van der Waals surface area contributed by atoms with Crippen molar-refractivity contribution in [1.29, 1.82) is 0 Å². The average molecular weight is 204 g/mol. The molecule has 0 saturated heterocycles. The third-order valence-corrected chi connectivity index (χ3v) is 2.02. The van der Waals surface area contributed by atoms with E-state index in [1.54, 1.807) is 7.11 Å². The number of ether oxygens (including phenoxy) is 2. The summed E-state index contributed by atoms with van der Waals surface area (Å²) in [6.07, 6.45) is 1.07. The van der Waals surface area contributed by atoms with Gasteiger partial charge in [0.2, 0.25) is 0 Å². The van der Waals surface area contributed by atoms with Crippen LogP contribution in [0.15, 0.2) is 0 Å². The minimum atomic E-state index is 0.707. The average Bonchev–Trinajstić information content (AvgIpc) is 2.20. The van der Waals surface area contributed by atoms with E-state index in [9.17, 15) is 0 Å². The van der Waals surface area contributed by atoms with Crippen molar-refractivity contribution in [3.05, 3.63) is 0 Å². The van der Waals surface area contributed by atoms with E-state index in [-0.39, 0.29) is 0 Å². The van der Waals surface area contributed by atoms with E-state index < -0.39 is 0 Å². The minimum absolute atomic E-state index is 0.707. The van der Waals surface area contributed by atoms with Crippen LogP contribution in [0.25, 0.3) is 0 Å². The highest BCUT2D eigenvalue weighted by atomic mass is 16.5. The number of methoxy groups -OCH3 is 1. The zero-order valence-electron chi connectivity index (χ0n) is 9.50. The maximum atomic E-state index is 5.52. The Bertz CT molecular complexity index is 112. The summed E-state index contributed by atoms with van der Waals surface area (Å²) in [4.78, 5) is 2.31. The summed E-state index contributed by atoms with van der Waals surface area (Å²) in [6.45, 7) is 8.07. The summed E-state index contributed by atoms with van der Waals surface area (Å²) < 4.78 is 10.3. The Balaban J connectivity index is 3.40. The van der Waals surface area contributed by atoms with Crippen LogP contribution in [0.1, 0.15) is 13.3 Å². The first-order valence-electron chi connectivity index (χ1n) is 5.34. The van der Waals surface area contributed by atoms with Crippen LogP contribution in [0.5, 0.6) is 0 Å². The highest BCUT2D eigenvalue weighted by molar-refractivity contribution is 4.57. The number of rotatable bonds is 10. The predicted molar refractivity (Wildman–Crippen MR) is 58.5 cm³/mol. The Morgan fingerprint density at radius 2 is 1.93 bits per heavy atom. The Kier molecular flexibility index (Phi) is 10.8. The zero-order chi connectivity index (χ0) is 10.6. The highest BCUT2D eigenvalue weighted by Crippen LogP contribution is 1.92. The fourth-order valence-corrected chi connectivity index (χ4v) is 1.27. The van der Waals surface area contributed by atoms with Gasteiger partial charge in [0, 0.05) is 46.5 Å². The van der Waals surface area contributed by atoms with Crippen LogP contribution in [0.2, 0.25) is 0 Å². The molecule has 86 valence electrons. The van der Waals surface area contributed by atoms with Crippen molar-refractivity contribution in [2.24, 2.45) is 5.73 Å². The van der Waals surface area contributed by atoms with Crippen molar-refractivity contribution in [3.63, 3.8) is 0 Å². The Labute approximate surface area is 87.4 Å². The second kappa shape index (κ2) is 10.9. The van der Waals surface area contributed by atoms with E-state index in [0.717, 1.165) is 45.9 Å². The normalized spacial score (nSPS) is 11.1. The molecule has 4 heteroatoms. The third-order valence-electron chi connectivity index (χ3n) is 2.02. The standard InChI is InChI=1S/C10H24N2O2/c1-3-14-9-4-6-12(7-5-11)8-10-13-2/h3-11H2,1-2H3. The predicted octanol–water partition coefficient (Wildman–Crippen LogP) is 0.320. The van der Waals surface area contributed by atoms with E-state index in [4.69, 9.17) is 15.2 Å². The first kappa shape index (κ1) is 13.8. The van der Waals surface area contributed by atoms with Gasteiger partial charge < -0.3 is 15.2 Å². The van der Waals surface area contributed by atoms with E-state index in [0.29, 0.717) is 6.54 Å². The van der Waals surface area contributed by atoms with Crippen molar-refractivity contribution in [2.45, 2.75) is 13.3 Å². The number of nitrogens with zero attached hydrogens (tertiary/aromatic N) is 1. The Morgan fingerprint density at radius 1 is 1.14 bits per heavy atom. The van der Waals surface area contributed by atoms with Gasteiger partial charge in [-0.05, 0) is 13.3 Å². The molecule has 14 heavy (non-hydrogen) atoms. The van der Waals surface area contributed by atoms with Crippen LogP contribution in [-0.2, 0) is 9.47 Å². The summed E-state index contributed by atoms with van der Waals surface area (Å²) in [5.74, 6) is 0. The number of hydrogen-bond donors (Lipinski definition) is 1. The molecule has 0 aromatic heterocycles. The van der Waals surface area contributed by atoms with Crippen molar-refractivity contribution in [1.82, 2.24) is 4.90 Å². The molecule has 0 heterocycles. The smallest absolute Gasteiger partial charge is 0.0589 e. The highest BCUT2D eigenvalue weighted by Gasteiger charge is 2.02. The summed E-state index contributed by atoms with van der Waals surface area (Å²) in [5, 5.41) is 0. The maximum absolute atomic E-state index is 5.52. The maximum Gasteiger partial charge on any atom is 0.0589 e. The molecule has 0 amide bonds. The molecule has 2 N–H and O–H groups in total. The molecule has 0 radical (unpaired) electrons. The van der Waals surface area contributed by atoms with Crippen LogP contribution < -0.4 is 5.73 Å². The van der Waals surface area contributed by atoms with Crippen LogP contribution in [-0.4, -0.2) is 58.0 Å². The fraction of sp³-hybridized carbons (Fsp3) is 1.00. The van der Waals surface area contributed by atoms with E-state index in [2.05, 4.69) is 4.90 Å². The van der Waals surface area contributed by atoms with Crippen LogP contribution in [0, 0.1) is 0 Å². The lowest BCUT2D eigenvalue weighted by Crippen LogP contribution is -2.33. The molecule has 0 bridgehead atoms. The molecular weight excluding hydrogens is 180 g/mol. The van der Waals surface area contributed by atoms with Crippen LogP contribution in [0.4, 0.5) is 0 Å². The first-order valence-corrected chi connectivity index (χ1v) is 5.34. The molecule has 0 aromatic carbocycles. The summed E-state index contributed by atoms with van der Waals surface area (Å²) in [7, 11) is 1.72. The van der Waals surface area contributed by atoms with E-state index >= 15 is 0 Å². The molecule has 0 aliphatic heterocycles. The molecule has 0 spiro atoms. The molecule has 0 fully saturated rings. The Hall–Kier alpha value is -0.160. The van der Waals surface area contributed by atoms with Gasteiger partial charge >= 0.3 is 0 Å². The molecular formula is C10H24N2O2. The van der Waals surface area contributed by atoms with Gasteiger partial charge in [-0.15, -0.1) is 0 Å². The van der Waals surface area contributed by atoms with Crippen molar-refractivity contribution in [3.8, 4) is 0 Å².